The van der Waals surface area contributed by atoms with Gasteiger partial charge in [0, 0.05) is 13.1 Å². The summed E-state index contributed by atoms with van der Waals surface area (Å²) in [6.07, 6.45) is 2.23. The van der Waals surface area contributed by atoms with Crippen molar-refractivity contribution in [1.82, 2.24) is 4.90 Å². The smallest absolute Gasteiger partial charge is 0.161 e. The van der Waals surface area contributed by atoms with E-state index in [9.17, 15) is 0 Å². The maximum absolute atomic E-state index is 6.10. The number of fused-ring (bicyclic) bond motifs is 1. The van der Waals surface area contributed by atoms with Gasteiger partial charge in [-0.3, -0.25) is 4.90 Å². The summed E-state index contributed by atoms with van der Waals surface area (Å²) in [7, 11) is 1.72. The van der Waals surface area contributed by atoms with Crippen LogP contribution < -0.4 is 9.47 Å². The molecule has 0 amide bonds. The molecule has 28 heavy (non-hydrogen) atoms. The first-order chi connectivity index (χ1) is 13.8. The van der Waals surface area contributed by atoms with Crippen LogP contribution in [0.2, 0.25) is 0 Å². The summed E-state index contributed by atoms with van der Waals surface area (Å²) in [6, 6.07) is 25.3. The fraction of sp³-hybridized carbons (Fsp3) is 0.280. The van der Waals surface area contributed by atoms with E-state index in [4.69, 9.17) is 9.47 Å². The van der Waals surface area contributed by atoms with E-state index in [1.165, 1.54) is 16.7 Å². The van der Waals surface area contributed by atoms with Gasteiger partial charge in [0.05, 0.1) is 7.11 Å². The van der Waals surface area contributed by atoms with Crippen molar-refractivity contribution in [1.29, 1.82) is 0 Å². The van der Waals surface area contributed by atoms with E-state index >= 15 is 0 Å². The molecule has 0 aromatic heterocycles. The van der Waals surface area contributed by atoms with E-state index in [0.29, 0.717) is 6.61 Å². The molecule has 0 unspecified atom stereocenters. The van der Waals surface area contributed by atoms with Gasteiger partial charge in [-0.15, -0.1) is 0 Å². The van der Waals surface area contributed by atoms with Gasteiger partial charge in [0.2, 0.25) is 0 Å². The number of benzene rings is 3. The van der Waals surface area contributed by atoms with Gasteiger partial charge in [-0.05, 0) is 53.8 Å². The fourth-order valence-electron chi connectivity index (χ4n) is 3.82. The van der Waals surface area contributed by atoms with Crippen molar-refractivity contribution in [3.8, 4) is 11.5 Å². The lowest BCUT2D eigenvalue weighted by Crippen LogP contribution is -2.22. The zero-order valence-electron chi connectivity index (χ0n) is 16.4. The molecule has 0 saturated heterocycles. The summed E-state index contributed by atoms with van der Waals surface area (Å²) in [4.78, 5) is 2.52. The van der Waals surface area contributed by atoms with Crippen molar-refractivity contribution >= 4 is 0 Å². The van der Waals surface area contributed by atoms with Crippen LogP contribution in [0.15, 0.2) is 72.8 Å². The number of nitrogens with zero attached hydrogens (tertiary/aromatic N) is 1. The van der Waals surface area contributed by atoms with Crippen LogP contribution in [-0.4, -0.2) is 18.6 Å². The van der Waals surface area contributed by atoms with E-state index in [2.05, 4.69) is 59.5 Å². The third-order valence-electron chi connectivity index (χ3n) is 5.29. The van der Waals surface area contributed by atoms with Gasteiger partial charge in [-0.1, -0.05) is 60.7 Å². The summed E-state index contributed by atoms with van der Waals surface area (Å²) in [5.41, 5.74) is 5.24. The minimum Gasteiger partial charge on any atom is -0.493 e. The third-order valence-corrected chi connectivity index (χ3v) is 5.29. The highest BCUT2D eigenvalue weighted by molar-refractivity contribution is 5.48. The molecule has 1 aliphatic rings. The van der Waals surface area contributed by atoms with Crippen molar-refractivity contribution in [3.63, 3.8) is 0 Å². The quantitative estimate of drug-likeness (QED) is 0.591. The van der Waals surface area contributed by atoms with Gasteiger partial charge in [-0.25, -0.2) is 0 Å². The summed E-state index contributed by atoms with van der Waals surface area (Å²) in [6.45, 7) is 3.58. The number of aryl methyl sites for hydroxylation is 1. The second kappa shape index (κ2) is 8.94. The van der Waals surface area contributed by atoms with Crippen LogP contribution in [0, 0.1) is 0 Å². The predicted octanol–water partition coefficient (Wildman–Crippen LogP) is 5.22. The van der Waals surface area contributed by atoms with Gasteiger partial charge in [-0.2, -0.15) is 0 Å². The van der Waals surface area contributed by atoms with Crippen LogP contribution >= 0.6 is 0 Å². The lowest BCUT2D eigenvalue weighted by atomic mass is 10.0. The van der Waals surface area contributed by atoms with Gasteiger partial charge in [0.1, 0.15) is 6.61 Å². The first-order valence-corrected chi connectivity index (χ1v) is 9.94. The summed E-state index contributed by atoms with van der Waals surface area (Å²) in [5.74, 6) is 1.65. The molecule has 0 bridgehead atoms. The number of hydrogen-bond acceptors (Lipinski definition) is 3. The molecule has 3 aromatic carbocycles. The Labute approximate surface area is 167 Å². The zero-order chi connectivity index (χ0) is 19.2. The lowest BCUT2D eigenvalue weighted by Gasteiger charge is -2.21. The minimum absolute atomic E-state index is 0.552. The molecule has 3 aromatic rings. The fourth-order valence-corrected chi connectivity index (χ4v) is 3.82. The Morgan fingerprint density at radius 1 is 0.821 bits per heavy atom. The predicted molar refractivity (Wildman–Crippen MR) is 113 cm³/mol. The molecule has 144 valence electrons. The normalized spacial score (nSPS) is 14.2. The third kappa shape index (κ3) is 4.55. The van der Waals surface area contributed by atoms with Crippen LogP contribution in [0.4, 0.5) is 0 Å². The average molecular weight is 373 g/mol. The SMILES string of the molecule is COc1cc2c(cc1OCc1ccccc1)CCCN(Cc1ccccc1)C2. The molecule has 0 radical (unpaired) electrons. The molecule has 3 nitrogen and oxygen atoms in total. The standard InChI is InChI=1S/C25H27NO2/c1-27-24-16-23-18-26(17-20-9-4-2-5-10-20)14-8-13-22(23)15-25(24)28-19-21-11-6-3-7-12-21/h2-7,9-12,15-16H,8,13-14,17-19H2,1H3. The monoisotopic (exact) mass is 373 g/mol. The first kappa shape index (κ1) is 18.6. The number of rotatable bonds is 6. The Morgan fingerprint density at radius 3 is 2.21 bits per heavy atom. The highest BCUT2D eigenvalue weighted by Crippen LogP contribution is 2.34. The first-order valence-electron chi connectivity index (χ1n) is 9.94. The molecular formula is C25H27NO2. The van der Waals surface area contributed by atoms with Crippen LogP contribution in [0.5, 0.6) is 11.5 Å². The Morgan fingerprint density at radius 2 is 1.50 bits per heavy atom. The lowest BCUT2D eigenvalue weighted by molar-refractivity contribution is 0.260. The summed E-state index contributed by atoms with van der Waals surface area (Å²) >= 11 is 0. The molecule has 0 saturated carbocycles. The van der Waals surface area contributed by atoms with E-state index < -0.39 is 0 Å². The molecule has 0 atom stereocenters. The van der Waals surface area contributed by atoms with Crippen molar-refractivity contribution in [2.75, 3.05) is 13.7 Å². The maximum Gasteiger partial charge on any atom is 0.161 e. The van der Waals surface area contributed by atoms with E-state index in [-0.39, 0.29) is 0 Å². The second-order valence-electron chi connectivity index (χ2n) is 7.35. The van der Waals surface area contributed by atoms with Gasteiger partial charge in [0.15, 0.2) is 11.5 Å². The molecule has 1 heterocycles. The van der Waals surface area contributed by atoms with E-state index in [1.807, 2.05) is 18.2 Å². The molecule has 0 N–H and O–H groups in total. The van der Waals surface area contributed by atoms with Crippen molar-refractivity contribution < 1.29 is 9.47 Å². The summed E-state index contributed by atoms with van der Waals surface area (Å²) < 4.78 is 11.8. The largest absolute Gasteiger partial charge is 0.493 e. The zero-order valence-corrected chi connectivity index (χ0v) is 16.4. The second-order valence-corrected chi connectivity index (χ2v) is 7.35. The topological polar surface area (TPSA) is 21.7 Å². The van der Waals surface area contributed by atoms with Crippen LogP contribution in [-0.2, 0) is 26.1 Å². The molecule has 0 fully saturated rings. The highest BCUT2D eigenvalue weighted by atomic mass is 16.5. The molecule has 1 aliphatic heterocycles. The molecule has 0 spiro atoms. The Bertz CT molecular complexity index is 893. The molecular weight excluding hydrogens is 346 g/mol. The minimum atomic E-state index is 0.552. The molecule has 3 heteroatoms. The van der Waals surface area contributed by atoms with Gasteiger partial charge in [0.25, 0.3) is 0 Å². The van der Waals surface area contributed by atoms with Gasteiger partial charge < -0.3 is 9.47 Å². The number of hydrogen-bond donors (Lipinski definition) is 0. The summed E-state index contributed by atoms with van der Waals surface area (Å²) in [5, 5.41) is 0. The Balaban J connectivity index is 1.51. The Kier molecular flexibility index (Phi) is 5.93. The van der Waals surface area contributed by atoms with Crippen molar-refractivity contribution in [2.24, 2.45) is 0 Å². The molecule has 0 aliphatic carbocycles. The van der Waals surface area contributed by atoms with Crippen molar-refractivity contribution in [3.05, 3.63) is 95.1 Å². The van der Waals surface area contributed by atoms with Crippen LogP contribution in [0.3, 0.4) is 0 Å². The number of methoxy groups -OCH3 is 1. The maximum atomic E-state index is 6.10. The van der Waals surface area contributed by atoms with Crippen LogP contribution in [0.1, 0.15) is 28.7 Å². The Hall–Kier alpha value is -2.78. The van der Waals surface area contributed by atoms with E-state index in [1.54, 1.807) is 7.11 Å². The van der Waals surface area contributed by atoms with Crippen molar-refractivity contribution in [2.45, 2.75) is 32.5 Å². The average Bonchev–Trinajstić information content (AvgIpc) is 2.94. The van der Waals surface area contributed by atoms with E-state index in [0.717, 1.165) is 49.5 Å². The highest BCUT2D eigenvalue weighted by Gasteiger charge is 2.18. The van der Waals surface area contributed by atoms with Crippen LogP contribution in [0.25, 0.3) is 0 Å². The van der Waals surface area contributed by atoms with Gasteiger partial charge >= 0.3 is 0 Å². The number of ether oxygens (including phenoxy) is 2. The molecule has 4 rings (SSSR count).